The van der Waals surface area contributed by atoms with Gasteiger partial charge in [0.1, 0.15) is 5.56 Å². The summed E-state index contributed by atoms with van der Waals surface area (Å²) in [5, 5.41) is 0. The molecule has 1 heterocycles. The van der Waals surface area contributed by atoms with E-state index < -0.39 is 18.2 Å². The van der Waals surface area contributed by atoms with Gasteiger partial charge in [0.15, 0.2) is 0 Å². The Morgan fingerprint density at radius 2 is 2.11 bits per heavy atom. The third kappa shape index (κ3) is 4.09. The summed E-state index contributed by atoms with van der Waals surface area (Å²) in [4.78, 5) is 15.2. The lowest BCUT2D eigenvalue weighted by atomic mass is 10.1. The van der Waals surface area contributed by atoms with E-state index in [0.29, 0.717) is 5.56 Å². The minimum Gasteiger partial charge on any atom is -0.462 e. The van der Waals surface area contributed by atoms with Crippen molar-refractivity contribution in [3.05, 3.63) is 22.9 Å². The van der Waals surface area contributed by atoms with Gasteiger partial charge >= 0.3 is 12.3 Å². The number of halogens is 3. The van der Waals surface area contributed by atoms with Crippen LogP contribution in [0.1, 0.15) is 28.5 Å². The normalized spacial score (nSPS) is 11.3. The van der Waals surface area contributed by atoms with Gasteiger partial charge in [0.2, 0.25) is 5.88 Å². The summed E-state index contributed by atoms with van der Waals surface area (Å²) in [6, 6.07) is 1.22. The molecular weight excluding hydrogens is 265 g/mol. The van der Waals surface area contributed by atoms with Crippen molar-refractivity contribution >= 4 is 5.97 Å². The fraction of sp³-hybridized carbons (Fsp3) is 0.455. The van der Waals surface area contributed by atoms with Gasteiger partial charge in [-0.25, -0.2) is 9.78 Å². The van der Waals surface area contributed by atoms with Gasteiger partial charge in [-0.1, -0.05) is 0 Å². The smallest absolute Gasteiger partial charge is 0.462 e. The first kappa shape index (κ1) is 15.2. The lowest BCUT2D eigenvalue weighted by Gasteiger charge is -2.14. The van der Waals surface area contributed by atoms with Gasteiger partial charge in [-0.15, -0.1) is 13.2 Å². The Morgan fingerprint density at radius 1 is 1.47 bits per heavy atom. The topological polar surface area (TPSA) is 74.4 Å². The third-order valence-electron chi connectivity index (χ3n) is 2.18. The number of rotatable bonds is 4. The number of carbonyl (C=O) groups excluding carboxylic acids is 1. The van der Waals surface area contributed by atoms with E-state index in [-0.39, 0.29) is 24.4 Å². The van der Waals surface area contributed by atoms with E-state index in [1.165, 1.54) is 13.0 Å². The highest BCUT2D eigenvalue weighted by atomic mass is 19.4. The summed E-state index contributed by atoms with van der Waals surface area (Å²) in [5.41, 5.74) is 5.67. The van der Waals surface area contributed by atoms with E-state index in [4.69, 9.17) is 5.73 Å². The van der Waals surface area contributed by atoms with Gasteiger partial charge < -0.3 is 15.2 Å². The molecule has 0 unspecified atom stereocenters. The zero-order chi connectivity index (χ0) is 14.6. The monoisotopic (exact) mass is 278 g/mol. The molecule has 0 aliphatic carbocycles. The number of pyridine rings is 1. The average Bonchev–Trinajstić information content (AvgIpc) is 2.29. The first-order chi connectivity index (χ1) is 8.78. The molecule has 0 saturated heterocycles. The molecule has 5 nitrogen and oxygen atoms in total. The Hall–Kier alpha value is -1.83. The van der Waals surface area contributed by atoms with Crippen molar-refractivity contribution in [2.24, 2.45) is 5.73 Å². The number of carbonyl (C=O) groups is 1. The van der Waals surface area contributed by atoms with E-state index in [9.17, 15) is 18.0 Å². The Morgan fingerprint density at radius 3 is 2.58 bits per heavy atom. The lowest BCUT2D eigenvalue weighted by Crippen LogP contribution is -2.21. The number of hydrogen-bond donors (Lipinski definition) is 1. The summed E-state index contributed by atoms with van der Waals surface area (Å²) in [5.74, 6) is -1.78. The maximum Gasteiger partial charge on any atom is 0.574 e. The number of ether oxygens (including phenoxy) is 2. The standard InChI is InChI=1S/C11H13F3N2O3/c1-3-18-10(17)7-4-6(2)8(5-15)16-9(7)19-11(12,13)14/h4H,3,5,15H2,1-2H3. The van der Waals surface area contributed by atoms with Crippen LogP contribution in [0.5, 0.6) is 5.88 Å². The van der Waals surface area contributed by atoms with Crippen LogP contribution < -0.4 is 10.5 Å². The molecule has 1 rings (SSSR count). The van der Waals surface area contributed by atoms with Crippen LogP contribution in [0.15, 0.2) is 6.07 Å². The molecule has 19 heavy (non-hydrogen) atoms. The van der Waals surface area contributed by atoms with E-state index in [1.54, 1.807) is 6.92 Å². The second-order valence-corrected chi connectivity index (χ2v) is 3.58. The van der Waals surface area contributed by atoms with Crippen LogP contribution in [0.2, 0.25) is 0 Å². The largest absolute Gasteiger partial charge is 0.574 e. The molecule has 1 aromatic heterocycles. The summed E-state index contributed by atoms with van der Waals surface area (Å²) in [7, 11) is 0. The molecule has 8 heteroatoms. The predicted molar refractivity (Wildman–Crippen MR) is 59.5 cm³/mol. The van der Waals surface area contributed by atoms with E-state index >= 15 is 0 Å². The van der Waals surface area contributed by atoms with Crippen molar-refractivity contribution in [3.63, 3.8) is 0 Å². The van der Waals surface area contributed by atoms with Crippen molar-refractivity contribution < 1.29 is 27.4 Å². The molecule has 0 fully saturated rings. The maximum atomic E-state index is 12.3. The molecule has 0 aliphatic rings. The molecule has 0 radical (unpaired) electrons. The first-order valence-corrected chi connectivity index (χ1v) is 5.42. The number of alkyl halides is 3. The molecule has 1 aromatic rings. The van der Waals surface area contributed by atoms with Crippen LogP contribution in [-0.2, 0) is 11.3 Å². The van der Waals surface area contributed by atoms with Gasteiger partial charge in [-0.3, -0.25) is 0 Å². The Labute approximate surface area is 107 Å². The predicted octanol–water partition coefficient (Wildman–Crippen LogP) is 1.92. The molecular formula is C11H13F3N2O3. The minimum absolute atomic E-state index is 0.0297. The van der Waals surface area contributed by atoms with Gasteiger partial charge in [0.25, 0.3) is 0 Å². The lowest BCUT2D eigenvalue weighted by molar-refractivity contribution is -0.276. The highest BCUT2D eigenvalue weighted by Crippen LogP contribution is 2.27. The van der Waals surface area contributed by atoms with Crippen LogP contribution in [0.3, 0.4) is 0 Å². The number of nitrogens with two attached hydrogens (primary N) is 1. The van der Waals surface area contributed by atoms with Crippen LogP contribution in [0.25, 0.3) is 0 Å². The Kier molecular flexibility index (Phi) is 4.71. The Bertz CT molecular complexity index is 475. The fourth-order valence-electron chi connectivity index (χ4n) is 1.38. The highest BCUT2D eigenvalue weighted by Gasteiger charge is 2.34. The molecule has 0 atom stereocenters. The molecule has 106 valence electrons. The van der Waals surface area contributed by atoms with Crippen LogP contribution >= 0.6 is 0 Å². The van der Waals surface area contributed by atoms with Gasteiger partial charge in [0, 0.05) is 6.54 Å². The Balaban J connectivity index is 3.26. The third-order valence-corrected chi connectivity index (χ3v) is 2.18. The SMILES string of the molecule is CCOC(=O)c1cc(C)c(CN)nc1OC(F)(F)F. The van der Waals surface area contributed by atoms with Crippen molar-refractivity contribution in [2.75, 3.05) is 6.61 Å². The van der Waals surface area contributed by atoms with Crippen molar-refractivity contribution in [3.8, 4) is 5.88 Å². The van der Waals surface area contributed by atoms with E-state index in [2.05, 4.69) is 14.5 Å². The number of aromatic nitrogens is 1. The average molecular weight is 278 g/mol. The van der Waals surface area contributed by atoms with E-state index in [0.717, 1.165) is 0 Å². The molecule has 0 amide bonds. The number of nitrogens with zero attached hydrogens (tertiary/aromatic N) is 1. The molecule has 0 bridgehead atoms. The first-order valence-electron chi connectivity index (χ1n) is 5.42. The fourth-order valence-corrected chi connectivity index (χ4v) is 1.38. The van der Waals surface area contributed by atoms with Crippen molar-refractivity contribution in [2.45, 2.75) is 26.8 Å². The summed E-state index contributed by atoms with van der Waals surface area (Å²) in [6.07, 6.45) is -4.95. The van der Waals surface area contributed by atoms with Crippen LogP contribution in [0.4, 0.5) is 13.2 Å². The summed E-state index contributed by atoms with van der Waals surface area (Å²) in [6.45, 7) is 3.08. The molecule has 0 spiro atoms. The van der Waals surface area contributed by atoms with Crippen molar-refractivity contribution in [1.29, 1.82) is 0 Å². The van der Waals surface area contributed by atoms with Crippen LogP contribution in [-0.4, -0.2) is 23.9 Å². The van der Waals surface area contributed by atoms with E-state index in [1.807, 2.05) is 0 Å². The van der Waals surface area contributed by atoms with Crippen molar-refractivity contribution in [1.82, 2.24) is 4.98 Å². The zero-order valence-corrected chi connectivity index (χ0v) is 10.4. The second-order valence-electron chi connectivity index (χ2n) is 3.58. The number of aryl methyl sites for hydroxylation is 1. The van der Waals surface area contributed by atoms with Gasteiger partial charge in [-0.05, 0) is 25.5 Å². The zero-order valence-electron chi connectivity index (χ0n) is 10.4. The minimum atomic E-state index is -4.95. The van der Waals surface area contributed by atoms with Gasteiger partial charge in [-0.2, -0.15) is 0 Å². The van der Waals surface area contributed by atoms with Crippen LogP contribution in [0, 0.1) is 6.92 Å². The second kappa shape index (κ2) is 5.87. The molecule has 2 N–H and O–H groups in total. The number of esters is 1. The summed E-state index contributed by atoms with van der Waals surface area (Å²) >= 11 is 0. The quantitative estimate of drug-likeness (QED) is 0.852. The number of hydrogen-bond acceptors (Lipinski definition) is 5. The molecule has 0 aliphatic heterocycles. The highest BCUT2D eigenvalue weighted by molar-refractivity contribution is 5.92. The molecule has 0 aromatic carbocycles. The van der Waals surface area contributed by atoms with Gasteiger partial charge in [0.05, 0.1) is 12.3 Å². The molecule has 0 saturated carbocycles. The summed E-state index contributed by atoms with van der Waals surface area (Å²) < 4.78 is 45.2. The maximum absolute atomic E-state index is 12.3.